The minimum absolute atomic E-state index is 0.523. The minimum Gasteiger partial charge on any atom is -0.353 e. The van der Waals surface area contributed by atoms with Gasteiger partial charge < -0.3 is 14.7 Å². The van der Waals surface area contributed by atoms with Crippen molar-refractivity contribution in [2.24, 2.45) is 0 Å². The van der Waals surface area contributed by atoms with Crippen molar-refractivity contribution in [2.75, 3.05) is 31.1 Å². The van der Waals surface area contributed by atoms with E-state index in [4.69, 9.17) is 14.5 Å². The zero-order valence-electron chi connectivity index (χ0n) is 16.3. The molecule has 7 nitrogen and oxygen atoms in total. The van der Waals surface area contributed by atoms with Gasteiger partial charge in [0.15, 0.2) is 0 Å². The van der Waals surface area contributed by atoms with Gasteiger partial charge in [0.1, 0.15) is 22.7 Å². The fraction of sp³-hybridized carbons (Fsp3) is 0.273. The molecule has 0 atom stereocenters. The molecule has 1 aliphatic heterocycles. The van der Waals surface area contributed by atoms with E-state index in [1.807, 2.05) is 12.1 Å². The molecular formula is C22H22N6O. The van der Waals surface area contributed by atoms with Gasteiger partial charge in [0.2, 0.25) is 0 Å². The van der Waals surface area contributed by atoms with Crippen molar-refractivity contribution in [1.29, 1.82) is 0 Å². The van der Waals surface area contributed by atoms with E-state index >= 15 is 0 Å². The van der Waals surface area contributed by atoms with Crippen LogP contribution in [0.25, 0.3) is 22.4 Å². The Balaban J connectivity index is 1.62. The Morgan fingerprint density at radius 3 is 2.66 bits per heavy atom. The average Bonchev–Trinajstić information content (AvgIpc) is 3.20. The first-order chi connectivity index (χ1) is 14.3. The third-order valence-electron chi connectivity index (χ3n) is 5.20. The molecule has 7 heteroatoms. The van der Waals surface area contributed by atoms with Crippen LogP contribution in [0.2, 0.25) is 0 Å². The third kappa shape index (κ3) is 3.56. The summed E-state index contributed by atoms with van der Waals surface area (Å²) in [5.41, 5.74) is 4.58. The lowest BCUT2D eigenvalue weighted by Crippen LogP contribution is -2.44. The third-order valence-corrected chi connectivity index (χ3v) is 5.20. The van der Waals surface area contributed by atoms with Gasteiger partial charge in [-0.2, -0.15) is 4.98 Å². The van der Waals surface area contributed by atoms with Gasteiger partial charge in [-0.05, 0) is 24.6 Å². The highest BCUT2D eigenvalue weighted by molar-refractivity contribution is 5.98. The van der Waals surface area contributed by atoms with Crippen LogP contribution in [0.1, 0.15) is 17.0 Å². The van der Waals surface area contributed by atoms with E-state index in [1.54, 1.807) is 12.4 Å². The van der Waals surface area contributed by atoms with Crippen LogP contribution in [0.5, 0.6) is 0 Å². The summed E-state index contributed by atoms with van der Waals surface area (Å²) in [6.07, 6.45) is 4.19. The molecular weight excluding hydrogens is 364 g/mol. The molecule has 0 radical (unpaired) electrons. The first kappa shape index (κ1) is 17.8. The van der Waals surface area contributed by atoms with Crippen molar-refractivity contribution in [3.63, 3.8) is 0 Å². The number of fused-ring (bicyclic) bond motifs is 1. The van der Waals surface area contributed by atoms with Crippen molar-refractivity contribution in [3.8, 4) is 11.3 Å². The van der Waals surface area contributed by atoms with E-state index in [9.17, 15) is 0 Å². The molecule has 1 aliphatic rings. The Hall–Kier alpha value is -3.32. The Morgan fingerprint density at radius 2 is 1.90 bits per heavy atom. The number of hydrogen-bond acceptors (Lipinski definition) is 7. The SMILES string of the molecule is Cc1ccc(Cc2nc(N3CCNCC3)c3c(-c4cccnc4)noc3n2)cc1. The Kier molecular flexibility index (Phi) is 4.65. The van der Waals surface area contributed by atoms with Gasteiger partial charge in [-0.25, -0.2) is 4.98 Å². The summed E-state index contributed by atoms with van der Waals surface area (Å²) in [6, 6.07) is 12.3. The normalized spacial score (nSPS) is 14.4. The predicted octanol–water partition coefficient (Wildman–Crippen LogP) is 2.99. The molecule has 146 valence electrons. The monoisotopic (exact) mass is 386 g/mol. The number of hydrogen-bond donors (Lipinski definition) is 1. The van der Waals surface area contributed by atoms with Crippen LogP contribution in [0.4, 0.5) is 5.82 Å². The smallest absolute Gasteiger partial charge is 0.263 e. The summed E-state index contributed by atoms with van der Waals surface area (Å²) in [5, 5.41) is 8.57. The van der Waals surface area contributed by atoms with Gasteiger partial charge in [-0.1, -0.05) is 35.0 Å². The number of benzene rings is 1. The van der Waals surface area contributed by atoms with Crippen LogP contribution < -0.4 is 10.2 Å². The lowest BCUT2D eigenvalue weighted by molar-refractivity contribution is 0.450. The topological polar surface area (TPSA) is 80.0 Å². The zero-order chi connectivity index (χ0) is 19.6. The van der Waals surface area contributed by atoms with Crippen molar-refractivity contribution in [3.05, 3.63) is 65.7 Å². The van der Waals surface area contributed by atoms with Crippen LogP contribution in [-0.4, -0.2) is 46.3 Å². The molecule has 1 aromatic carbocycles. The highest BCUT2D eigenvalue weighted by Crippen LogP contribution is 2.33. The number of anilines is 1. The summed E-state index contributed by atoms with van der Waals surface area (Å²) in [7, 11) is 0. The largest absolute Gasteiger partial charge is 0.353 e. The number of nitrogens with one attached hydrogen (secondary N) is 1. The molecule has 0 amide bonds. The predicted molar refractivity (Wildman–Crippen MR) is 112 cm³/mol. The fourth-order valence-electron chi connectivity index (χ4n) is 3.65. The summed E-state index contributed by atoms with van der Waals surface area (Å²) in [4.78, 5) is 16.2. The zero-order valence-corrected chi connectivity index (χ0v) is 16.3. The standard InChI is InChI=1S/C22H22N6O/c1-15-4-6-16(7-5-15)13-18-25-21(28-11-9-23-10-12-28)19-20(27-29-22(19)26-18)17-3-2-8-24-14-17/h2-8,14,23H,9-13H2,1H3. The lowest BCUT2D eigenvalue weighted by Gasteiger charge is -2.29. The molecule has 5 rings (SSSR count). The van der Waals surface area contributed by atoms with Gasteiger partial charge in [-0.15, -0.1) is 0 Å². The first-order valence-corrected chi connectivity index (χ1v) is 9.86. The van der Waals surface area contributed by atoms with Crippen molar-refractivity contribution < 1.29 is 4.52 Å². The molecule has 0 spiro atoms. The second-order valence-electron chi connectivity index (χ2n) is 7.32. The number of nitrogens with zero attached hydrogens (tertiary/aromatic N) is 5. The molecule has 4 heterocycles. The van der Waals surface area contributed by atoms with Crippen molar-refractivity contribution in [2.45, 2.75) is 13.3 Å². The highest BCUT2D eigenvalue weighted by atomic mass is 16.5. The minimum atomic E-state index is 0.523. The lowest BCUT2D eigenvalue weighted by atomic mass is 10.1. The van der Waals surface area contributed by atoms with Crippen LogP contribution in [0.15, 0.2) is 53.3 Å². The van der Waals surface area contributed by atoms with Crippen molar-refractivity contribution >= 4 is 16.9 Å². The Bertz CT molecular complexity index is 1120. The molecule has 0 aliphatic carbocycles. The molecule has 3 aromatic heterocycles. The van der Waals surface area contributed by atoms with E-state index in [0.29, 0.717) is 12.1 Å². The van der Waals surface area contributed by atoms with Gasteiger partial charge in [-0.3, -0.25) is 4.98 Å². The van der Waals surface area contributed by atoms with E-state index in [0.717, 1.165) is 54.5 Å². The molecule has 0 bridgehead atoms. The van der Waals surface area contributed by atoms with E-state index in [2.05, 4.69) is 51.5 Å². The summed E-state index contributed by atoms with van der Waals surface area (Å²) in [5.74, 6) is 1.63. The van der Waals surface area contributed by atoms with Gasteiger partial charge in [0.05, 0.1) is 0 Å². The highest BCUT2D eigenvalue weighted by Gasteiger charge is 2.23. The number of rotatable bonds is 4. The Morgan fingerprint density at radius 1 is 1.07 bits per heavy atom. The summed E-state index contributed by atoms with van der Waals surface area (Å²) >= 11 is 0. The average molecular weight is 386 g/mol. The Labute approximate surface area is 168 Å². The maximum Gasteiger partial charge on any atom is 0.263 e. The van der Waals surface area contributed by atoms with Crippen molar-refractivity contribution in [1.82, 2.24) is 25.4 Å². The van der Waals surface area contributed by atoms with Crippen LogP contribution in [0.3, 0.4) is 0 Å². The summed E-state index contributed by atoms with van der Waals surface area (Å²) in [6.45, 7) is 5.70. The van der Waals surface area contributed by atoms with Gasteiger partial charge in [0, 0.05) is 50.6 Å². The first-order valence-electron chi connectivity index (χ1n) is 9.86. The molecule has 0 unspecified atom stereocenters. The maximum absolute atomic E-state index is 5.66. The van der Waals surface area contributed by atoms with Gasteiger partial charge in [0.25, 0.3) is 5.71 Å². The fourth-order valence-corrected chi connectivity index (χ4v) is 3.65. The molecule has 4 aromatic rings. The van der Waals surface area contributed by atoms with E-state index in [-0.39, 0.29) is 0 Å². The van der Waals surface area contributed by atoms with E-state index < -0.39 is 0 Å². The molecule has 1 fully saturated rings. The van der Waals surface area contributed by atoms with Crippen LogP contribution in [-0.2, 0) is 6.42 Å². The van der Waals surface area contributed by atoms with E-state index in [1.165, 1.54) is 11.1 Å². The number of pyridine rings is 1. The number of aromatic nitrogens is 4. The molecule has 1 saturated heterocycles. The molecule has 1 N–H and O–H groups in total. The molecule has 0 saturated carbocycles. The van der Waals surface area contributed by atoms with Crippen LogP contribution >= 0.6 is 0 Å². The quantitative estimate of drug-likeness (QED) is 0.577. The maximum atomic E-state index is 5.66. The second kappa shape index (κ2) is 7.60. The van der Waals surface area contributed by atoms with Crippen LogP contribution in [0, 0.1) is 6.92 Å². The van der Waals surface area contributed by atoms with Gasteiger partial charge >= 0.3 is 0 Å². The summed E-state index contributed by atoms with van der Waals surface area (Å²) < 4.78 is 5.66. The molecule has 29 heavy (non-hydrogen) atoms. The number of aryl methyl sites for hydroxylation is 1. The number of piperazine rings is 1. The second-order valence-corrected chi connectivity index (χ2v) is 7.32.